The van der Waals surface area contributed by atoms with E-state index < -0.39 is 11.8 Å². The smallest absolute Gasteiger partial charge is 0.292 e. The molecule has 0 radical (unpaired) electrons. The molecule has 0 saturated carbocycles. The van der Waals surface area contributed by atoms with Crippen molar-refractivity contribution in [1.82, 2.24) is 4.90 Å². The number of nitrogens with zero attached hydrogens (tertiary/aromatic N) is 1. The molecule has 3 N–H and O–H groups in total. The number of hydrogen-bond acceptors (Lipinski definition) is 5. The molecule has 0 unspecified atom stereocenters. The SMILES string of the molecule is CCCN1CCc2c(sc(NC(=O)c3ccc(Br)o3)c2C(N)=O)C1. The first kappa shape index (κ1) is 17.2. The number of hydrogen-bond donors (Lipinski definition) is 2. The van der Waals surface area contributed by atoms with E-state index in [0.29, 0.717) is 15.2 Å². The summed E-state index contributed by atoms with van der Waals surface area (Å²) < 4.78 is 5.73. The molecule has 0 atom stereocenters. The van der Waals surface area contributed by atoms with Crippen molar-refractivity contribution < 1.29 is 14.0 Å². The van der Waals surface area contributed by atoms with Gasteiger partial charge in [-0.2, -0.15) is 0 Å². The zero-order chi connectivity index (χ0) is 17.3. The zero-order valence-electron chi connectivity index (χ0n) is 13.2. The molecule has 0 aromatic carbocycles. The number of anilines is 1. The van der Waals surface area contributed by atoms with Crippen LogP contribution in [0, 0.1) is 0 Å². The van der Waals surface area contributed by atoms with Crippen LogP contribution in [0.4, 0.5) is 5.00 Å². The lowest BCUT2D eigenvalue weighted by Gasteiger charge is -2.26. The molecule has 3 rings (SSSR count). The van der Waals surface area contributed by atoms with E-state index in [1.54, 1.807) is 12.1 Å². The molecule has 0 bridgehead atoms. The fourth-order valence-electron chi connectivity index (χ4n) is 2.91. The molecule has 24 heavy (non-hydrogen) atoms. The number of carbonyl (C=O) groups is 2. The van der Waals surface area contributed by atoms with Gasteiger partial charge in [-0.3, -0.25) is 14.5 Å². The lowest BCUT2D eigenvalue weighted by atomic mass is 10.0. The Kier molecular flexibility index (Phi) is 5.07. The maximum atomic E-state index is 12.3. The van der Waals surface area contributed by atoms with E-state index in [4.69, 9.17) is 10.2 Å². The lowest BCUT2D eigenvalue weighted by molar-refractivity contribution is 0.0996. The van der Waals surface area contributed by atoms with E-state index in [1.165, 1.54) is 11.3 Å². The predicted molar refractivity (Wildman–Crippen MR) is 96.5 cm³/mol. The van der Waals surface area contributed by atoms with Crippen LogP contribution < -0.4 is 11.1 Å². The number of furan rings is 1. The van der Waals surface area contributed by atoms with Gasteiger partial charge in [0.25, 0.3) is 11.8 Å². The molecule has 3 heterocycles. The summed E-state index contributed by atoms with van der Waals surface area (Å²) in [5.41, 5.74) is 6.97. The third-order valence-electron chi connectivity index (χ3n) is 3.95. The Morgan fingerprint density at radius 1 is 1.46 bits per heavy atom. The first-order valence-electron chi connectivity index (χ1n) is 7.73. The molecule has 0 saturated heterocycles. The highest BCUT2D eigenvalue weighted by atomic mass is 79.9. The molecular formula is C16H18BrN3O3S. The van der Waals surface area contributed by atoms with E-state index >= 15 is 0 Å². The van der Waals surface area contributed by atoms with Crippen LogP contribution in [0.1, 0.15) is 44.7 Å². The molecule has 1 aliphatic rings. The van der Waals surface area contributed by atoms with E-state index in [2.05, 4.69) is 33.1 Å². The van der Waals surface area contributed by atoms with Crippen molar-refractivity contribution in [2.45, 2.75) is 26.3 Å². The number of primary amides is 1. The van der Waals surface area contributed by atoms with Crippen molar-refractivity contribution in [2.24, 2.45) is 5.73 Å². The fourth-order valence-corrected chi connectivity index (χ4v) is 4.51. The largest absolute Gasteiger partial charge is 0.444 e. The number of nitrogens with one attached hydrogen (secondary N) is 1. The minimum absolute atomic E-state index is 0.177. The highest BCUT2D eigenvalue weighted by Crippen LogP contribution is 2.37. The number of fused-ring (bicyclic) bond motifs is 1. The Morgan fingerprint density at radius 2 is 2.25 bits per heavy atom. The van der Waals surface area contributed by atoms with E-state index in [9.17, 15) is 9.59 Å². The van der Waals surface area contributed by atoms with Gasteiger partial charge >= 0.3 is 0 Å². The molecule has 128 valence electrons. The minimum atomic E-state index is -0.507. The summed E-state index contributed by atoms with van der Waals surface area (Å²) in [5.74, 6) is -0.726. The van der Waals surface area contributed by atoms with Crippen molar-refractivity contribution in [3.05, 3.63) is 38.6 Å². The average Bonchev–Trinajstić information content (AvgIpc) is 3.10. The number of rotatable bonds is 5. The predicted octanol–water partition coefficient (Wildman–Crippen LogP) is 3.22. The van der Waals surface area contributed by atoms with Crippen LogP contribution in [0.2, 0.25) is 0 Å². The number of nitrogens with two attached hydrogens (primary N) is 1. The van der Waals surface area contributed by atoms with Gasteiger partial charge < -0.3 is 15.5 Å². The molecule has 2 aromatic heterocycles. The summed E-state index contributed by atoms with van der Waals surface area (Å²) in [5, 5.41) is 3.27. The van der Waals surface area contributed by atoms with Gasteiger partial charge in [0.15, 0.2) is 10.4 Å². The highest BCUT2D eigenvalue weighted by molar-refractivity contribution is 9.10. The van der Waals surface area contributed by atoms with Gasteiger partial charge in [0.1, 0.15) is 5.00 Å². The average molecular weight is 412 g/mol. The van der Waals surface area contributed by atoms with Gasteiger partial charge in [-0.1, -0.05) is 6.92 Å². The Balaban J connectivity index is 1.88. The molecule has 0 aliphatic carbocycles. The number of thiophene rings is 1. The summed E-state index contributed by atoms with van der Waals surface area (Å²) in [6.45, 7) is 4.85. The summed E-state index contributed by atoms with van der Waals surface area (Å²) in [6.07, 6.45) is 1.85. The van der Waals surface area contributed by atoms with Crippen molar-refractivity contribution in [1.29, 1.82) is 0 Å². The molecule has 2 amide bonds. The van der Waals surface area contributed by atoms with E-state index in [0.717, 1.165) is 42.9 Å². The molecule has 0 fully saturated rings. The first-order chi connectivity index (χ1) is 11.5. The van der Waals surface area contributed by atoms with Crippen molar-refractivity contribution in [2.75, 3.05) is 18.4 Å². The Bertz CT molecular complexity index is 784. The molecule has 2 aromatic rings. The summed E-state index contributed by atoms with van der Waals surface area (Å²) in [7, 11) is 0. The van der Waals surface area contributed by atoms with Crippen molar-refractivity contribution >= 4 is 44.1 Å². The molecule has 1 aliphatic heterocycles. The third-order valence-corrected chi connectivity index (χ3v) is 5.50. The maximum Gasteiger partial charge on any atom is 0.292 e. The maximum absolute atomic E-state index is 12.3. The molecule has 0 spiro atoms. The van der Waals surface area contributed by atoms with Gasteiger partial charge in [0, 0.05) is 18.0 Å². The summed E-state index contributed by atoms with van der Waals surface area (Å²) >= 11 is 4.59. The fraction of sp³-hybridized carbons (Fsp3) is 0.375. The zero-order valence-corrected chi connectivity index (χ0v) is 15.6. The van der Waals surface area contributed by atoms with Gasteiger partial charge in [-0.05, 0) is 53.0 Å². The van der Waals surface area contributed by atoms with Gasteiger partial charge in [0.05, 0.1) is 5.56 Å². The quantitative estimate of drug-likeness (QED) is 0.790. The van der Waals surface area contributed by atoms with E-state index in [-0.39, 0.29) is 5.76 Å². The topological polar surface area (TPSA) is 88.6 Å². The van der Waals surface area contributed by atoms with Crippen LogP contribution in [0.3, 0.4) is 0 Å². The second-order valence-corrected chi connectivity index (χ2v) is 7.54. The van der Waals surface area contributed by atoms with Crippen LogP contribution in [0.5, 0.6) is 0 Å². The second-order valence-electron chi connectivity index (χ2n) is 5.66. The standard InChI is InChI=1S/C16H18BrN3O3S/c1-2-6-20-7-5-9-11(8-20)24-16(13(9)14(18)21)19-15(22)10-3-4-12(17)23-10/h3-4H,2,5-8H2,1H3,(H2,18,21)(H,19,22). The minimum Gasteiger partial charge on any atom is -0.444 e. The summed E-state index contributed by atoms with van der Waals surface area (Å²) in [4.78, 5) is 27.7. The van der Waals surface area contributed by atoms with Crippen LogP contribution in [-0.4, -0.2) is 29.8 Å². The molecule has 6 nitrogen and oxygen atoms in total. The van der Waals surface area contributed by atoms with Crippen LogP contribution >= 0.6 is 27.3 Å². The monoisotopic (exact) mass is 411 g/mol. The Labute approximate surface area is 152 Å². The third kappa shape index (κ3) is 3.40. The van der Waals surface area contributed by atoms with Gasteiger partial charge in [-0.25, -0.2) is 0 Å². The second kappa shape index (κ2) is 7.08. The van der Waals surface area contributed by atoms with Crippen molar-refractivity contribution in [3.8, 4) is 0 Å². The lowest BCUT2D eigenvalue weighted by Crippen LogP contribution is -2.31. The van der Waals surface area contributed by atoms with Gasteiger partial charge in [-0.15, -0.1) is 11.3 Å². The normalized spacial score (nSPS) is 14.4. The number of amides is 2. The first-order valence-corrected chi connectivity index (χ1v) is 9.34. The molecular weight excluding hydrogens is 394 g/mol. The highest BCUT2D eigenvalue weighted by Gasteiger charge is 2.28. The van der Waals surface area contributed by atoms with Crippen molar-refractivity contribution in [3.63, 3.8) is 0 Å². The van der Waals surface area contributed by atoms with E-state index in [1.807, 2.05) is 0 Å². The Hall–Kier alpha value is -1.64. The van der Waals surface area contributed by atoms with Crippen LogP contribution in [0.15, 0.2) is 21.2 Å². The van der Waals surface area contributed by atoms with Crippen LogP contribution in [0.25, 0.3) is 0 Å². The Morgan fingerprint density at radius 3 is 2.88 bits per heavy atom. The van der Waals surface area contributed by atoms with Gasteiger partial charge in [0.2, 0.25) is 0 Å². The van der Waals surface area contributed by atoms with Crippen LogP contribution in [-0.2, 0) is 13.0 Å². The number of carbonyl (C=O) groups excluding carboxylic acids is 2. The number of halogens is 1. The summed E-state index contributed by atoms with van der Waals surface area (Å²) in [6, 6.07) is 3.21. The molecule has 8 heteroatoms.